The molecule has 7 nitrogen and oxygen atoms in total. The molecule has 0 unspecified atom stereocenters. The van der Waals surface area contributed by atoms with E-state index >= 15 is 0 Å². The average molecular weight is 365 g/mol. The van der Waals surface area contributed by atoms with Crippen LogP contribution in [-0.2, 0) is 37.4 Å². The fraction of sp³-hybridized carbons (Fsp3) is 0.350. The first kappa shape index (κ1) is 17.5. The Morgan fingerprint density at radius 3 is 2.67 bits per heavy atom. The van der Waals surface area contributed by atoms with Crippen LogP contribution < -0.4 is 0 Å². The molecule has 140 valence electrons. The van der Waals surface area contributed by atoms with Gasteiger partial charge in [0.1, 0.15) is 0 Å². The number of hydrogen-bond acceptors (Lipinski definition) is 4. The lowest BCUT2D eigenvalue weighted by Gasteiger charge is -2.28. The molecule has 0 saturated heterocycles. The molecule has 4 rings (SSSR count). The molecule has 1 aromatic carbocycles. The van der Waals surface area contributed by atoms with Crippen molar-refractivity contribution in [1.82, 2.24) is 24.5 Å². The number of carboxylic acids is 1. The first-order valence-corrected chi connectivity index (χ1v) is 9.21. The van der Waals surface area contributed by atoms with E-state index in [1.54, 1.807) is 6.20 Å². The molecule has 0 bridgehead atoms. The minimum atomic E-state index is -0.781. The maximum atomic E-state index is 10.8. The summed E-state index contributed by atoms with van der Waals surface area (Å²) in [7, 11) is 0. The second-order valence-electron chi connectivity index (χ2n) is 6.93. The Bertz CT molecular complexity index is 916. The Hall–Kier alpha value is -2.93. The van der Waals surface area contributed by atoms with Gasteiger partial charge in [0.2, 0.25) is 0 Å². The molecule has 3 aromatic rings. The summed E-state index contributed by atoms with van der Waals surface area (Å²) < 4.78 is 3.96. The number of hydrogen-bond donors (Lipinski definition) is 1. The molecule has 7 heteroatoms. The van der Waals surface area contributed by atoms with Crippen LogP contribution in [0.15, 0.2) is 48.8 Å². The van der Waals surface area contributed by atoms with Crippen LogP contribution in [0, 0.1) is 0 Å². The van der Waals surface area contributed by atoms with E-state index in [1.807, 2.05) is 27.7 Å². The van der Waals surface area contributed by atoms with Crippen LogP contribution in [0.25, 0.3) is 0 Å². The highest BCUT2D eigenvalue weighted by molar-refractivity contribution is 5.66. The molecule has 27 heavy (non-hydrogen) atoms. The molecule has 1 aliphatic rings. The van der Waals surface area contributed by atoms with Gasteiger partial charge >= 0.3 is 5.97 Å². The highest BCUT2D eigenvalue weighted by atomic mass is 16.4. The highest BCUT2D eigenvalue weighted by Gasteiger charge is 2.19. The molecule has 0 radical (unpaired) electrons. The Morgan fingerprint density at radius 2 is 1.93 bits per heavy atom. The molecule has 0 amide bonds. The molecule has 3 heterocycles. The predicted octanol–water partition coefficient (Wildman–Crippen LogP) is 2.16. The van der Waals surface area contributed by atoms with Gasteiger partial charge in [-0.2, -0.15) is 10.2 Å². The molecule has 0 aliphatic carbocycles. The van der Waals surface area contributed by atoms with Gasteiger partial charge in [-0.05, 0) is 23.3 Å². The van der Waals surface area contributed by atoms with Gasteiger partial charge in [-0.1, -0.05) is 24.3 Å². The summed E-state index contributed by atoms with van der Waals surface area (Å²) in [5.41, 5.74) is 4.62. The molecule has 0 saturated carbocycles. The van der Waals surface area contributed by atoms with E-state index in [4.69, 9.17) is 5.11 Å². The number of aliphatic carboxylic acids is 1. The Morgan fingerprint density at radius 1 is 1.11 bits per heavy atom. The molecule has 2 aromatic heterocycles. The topological polar surface area (TPSA) is 76.2 Å². The number of aryl methyl sites for hydroxylation is 1. The third-order valence-corrected chi connectivity index (χ3v) is 4.93. The maximum absolute atomic E-state index is 10.8. The van der Waals surface area contributed by atoms with E-state index in [0.717, 1.165) is 44.1 Å². The zero-order valence-electron chi connectivity index (χ0n) is 15.2. The smallest absolute Gasteiger partial charge is 0.303 e. The van der Waals surface area contributed by atoms with Crippen LogP contribution in [0.1, 0.15) is 28.9 Å². The zero-order valence-corrected chi connectivity index (χ0v) is 15.2. The molecule has 1 aliphatic heterocycles. The second kappa shape index (κ2) is 7.75. The van der Waals surface area contributed by atoms with Gasteiger partial charge in [-0.15, -0.1) is 0 Å². The van der Waals surface area contributed by atoms with Crippen molar-refractivity contribution in [1.29, 1.82) is 0 Å². The molecular formula is C20H23N5O2. The SMILES string of the molecule is O=C(O)CCc1cc2n(n1)CCN(Cc1ccccc1Cn1cccn1)C2. The fourth-order valence-corrected chi connectivity index (χ4v) is 3.55. The van der Waals surface area contributed by atoms with Gasteiger partial charge in [0.25, 0.3) is 0 Å². The van der Waals surface area contributed by atoms with E-state index in [2.05, 4.69) is 39.4 Å². The van der Waals surface area contributed by atoms with Gasteiger partial charge in [0, 0.05) is 38.4 Å². The molecule has 0 spiro atoms. The van der Waals surface area contributed by atoms with Crippen molar-refractivity contribution < 1.29 is 9.90 Å². The van der Waals surface area contributed by atoms with Gasteiger partial charge in [-0.3, -0.25) is 19.1 Å². The van der Waals surface area contributed by atoms with Gasteiger partial charge in [-0.25, -0.2) is 0 Å². The maximum Gasteiger partial charge on any atom is 0.303 e. The van der Waals surface area contributed by atoms with Crippen molar-refractivity contribution in [3.63, 3.8) is 0 Å². The van der Waals surface area contributed by atoms with Crippen molar-refractivity contribution in [3.8, 4) is 0 Å². The van der Waals surface area contributed by atoms with Crippen LogP contribution in [0.5, 0.6) is 0 Å². The van der Waals surface area contributed by atoms with Crippen LogP contribution >= 0.6 is 0 Å². The lowest BCUT2D eigenvalue weighted by Crippen LogP contribution is -2.33. The number of aromatic nitrogens is 4. The van der Waals surface area contributed by atoms with E-state index in [1.165, 1.54) is 11.1 Å². The largest absolute Gasteiger partial charge is 0.481 e. The molecule has 0 fully saturated rings. The minimum Gasteiger partial charge on any atom is -0.481 e. The first-order valence-electron chi connectivity index (χ1n) is 9.21. The van der Waals surface area contributed by atoms with Crippen molar-refractivity contribution in [3.05, 3.63) is 71.3 Å². The minimum absolute atomic E-state index is 0.126. The third-order valence-electron chi connectivity index (χ3n) is 4.93. The van der Waals surface area contributed by atoms with Gasteiger partial charge in [0.15, 0.2) is 0 Å². The summed E-state index contributed by atoms with van der Waals surface area (Å²) in [6.45, 7) is 4.25. The number of carboxylic acid groups (broad SMARTS) is 1. The monoisotopic (exact) mass is 365 g/mol. The number of nitrogens with zero attached hydrogens (tertiary/aromatic N) is 5. The van der Waals surface area contributed by atoms with Crippen molar-refractivity contribution in [2.75, 3.05) is 6.54 Å². The zero-order chi connectivity index (χ0) is 18.6. The summed E-state index contributed by atoms with van der Waals surface area (Å²) in [6, 6.07) is 12.5. The lowest BCUT2D eigenvalue weighted by atomic mass is 10.1. The van der Waals surface area contributed by atoms with Crippen molar-refractivity contribution in [2.45, 2.75) is 39.0 Å². The Balaban J connectivity index is 1.44. The normalized spacial score (nSPS) is 14.2. The quantitative estimate of drug-likeness (QED) is 0.694. The number of fused-ring (bicyclic) bond motifs is 1. The van der Waals surface area contributed by atoms with Crippen molar-refractivity contribution >= 4 is 5.97 Å². The van der Waals surface area contributed by atoms with Crippen LogP contribution in [0.2, 0.25) is 0 Å². The van der Waals surface area contributed by atoms with Crippen LogP contribution in [-0.4, -0.2) is 42.1 Å². The van der Waals surface area contributed by atoms with Crippen molar-refractivity contribution in [2.24, 2.45) is 0 Å². The van der Waals surface area contributed by atoms with Gasteiger partial charge < -0.3 is 5.11 Å². The third kappa shape index (κ3) is 4.25. The summed E-state index contributed by atoms with van der Waals surface area (Å²) in [5, 5.41) is 17.7. The van der Waals surface area contributed by atoms with E-state index < -0.39 is 5.97 Å². The summed E-state index contributed by atoms with van der Waals surface area (Å²) in [4.78, 5) is 13.2. The van der Waals surface area contributed by atoms with E-state index in [0.29, 0.717) is 6.42 Å². The number of benzene rings is 1. The standard InChI is InChI=1S/C20H23N5O2/c26-20(27)7-6-18-12-19-15-23(10-11-25(19)22-18)13-16-4-1-2-5-17(16)14-24-9-3-8-21-24/h1-5,8-9,12H,6-7,10-11,13-15H2,(H,26,27). The average Bonchev–Trinajstić information content (AvgIpc) is 3.30. The summed E-state index contributed by atoms with van der Waals surface area (Å²) >= 11 is 0. The van der Waals surface area contributed by atoms with Crippen LogP contribution in [0.4, 0.5) is 0 Å². The fourth-order valence-electron chi connectivity index (χ4n) is 3.55. The summed E-state index contributed by atoms with van der Waals surface area (Å²) in [5.74, 6) is -0.781. The molecule has 0 atom stereocenters. The number of carbonyl (C=O) groups is 1. The lowest BCUT2D eigenvalue weighted by molar-refractivity contribution is -0.136. The van der Waals surface area contributed by atoms with E-state index in [-0.39, 0.29) is 6.42 Å². The number of rotatable bonds is 7. The molecule has 1 N–H and O–H groups in total. The molecular weight excluding hydrogens is 342 g/mol. The second-order valence-corrected chi connectivity index (χ2v) is 6.93. The van der Waals surface area contributed by atoms with E-state index in [9.17, 15) is 4.79 Å². The summed E-state index contributed by atoms with van der Waals surface area (Å²) in [6.07, 6.45) is 4.40. The van der Waals surface area contributed by atoms with Crippen LogP contribution in [0.3, 0.4) is 0 Å². The Labute approximate surface area is 157 Å². The predicted molar refractivity (Wildman–Crippen MR) is 100 cm³/mol. The first-order chi connectivity index (χ1) is 13.2. The highest BCUT2D eigenvalue weighted by Crippen LogP contribution is 2.19. The van der Waals surface area contributed by atoms with Gasteiger partial charge in [0.05, 0.1) is 30.9 Å². The Kier molecular flexibility index (Phi) is 5.02.